The molecular formula is C16H16ClFO2. The predicted molar refractivity (Wildman–Crippen MR) is 77.6 cm³/mol. The van der Waals surface area contributed by atoms with Crippen LogP contribution in [0.25, 0.3) is 0 Å². The lowest BCUT2D eigenvalue weighted by Gasteiger charge is -2.12. The van der Waals surface area contributed by atoms with Gasteiger partial charge in [0.1, 0.15) is 18.2 Å². The van der Waals surface area contributed by atoms with E-state index in [4.69, 9.17) is 16.3 Å². The summed E-state index contributed by atoms with van der Waals surface area (Å²) in [6.07, 6.45) is -0.514. The van der Waals surface area contributed by atoms with Gasteiger partial charge in [0.2, 0.25) is 0 Å². The number of rotatable bonds is 4. The molecule has 0 heterocycles. The molecule has 0 saturated carbocycles. The third kappa shape index (κ3) is 3.30. The normalized spacial score (nSPS) is 12.2. The maximum Gasteiger partial charge on any atom is 0.142 e. The van der Waals surface area contributed by atoms with Crippen molar-refractivity contribution in [1.29, 1.82) is 0 Å². The first-order valence-corrected chi connectivity index (χ1v) is 6.71. The molecule has 2 rings (SSSR count). The molecule has 0 spiro atoms. The highest BCUT2D eigenvalue weighted by atomic mass is 35.5. The second kappa shape index (κ2) is 6.25. The van der Waals surface area contributed by atoms with Gasteiger partial charge in [0.05, 0.1) is 11.1 Å². The van der Waals surface area contributed by atoms with E-state index >= 15 is 0 Å². The summed E-state index contributed by atoms with van der Waals surface area (Å²) in [6.45, 7) is 3.81. The quantitative estimate of drug-likeness (QED) is 0.904. The summed E-state index contributed by atoms with van der Waals surface area (Å²) in [6, 6.07) is 10.1. The molecule has 1 N–H and O–H groups in total. The summed E-state index contributed by atoms with van der Waals surface area (Å²) in [7, 11) is 0. The van der Waals surface area contributed by atoms with Crippen molar-refractivity contribution >= 4 is 11.6 Å². The van der Waals surface area contributed by atoms with Gasteiger partial charge in [-0.2, -0.15) is 0 Å². The first-order chi connectivity index (χ1) is 9.49. The van der Waals surface area contributed by atoms with Gasteiger partial charge >= 0.3 is 0 Å². The van der Waals surface area contributed by atoms with E-state index in [9.17, 15) is 9.50 Å². The van der Waals surface area contributed by atoms with Crippen LogP contribution in [0.3, 0.4) is 0 Å². The Hall–Kier alpha value is -1.58. The van der Waals surface area contributed by atoms with Crippen LogP contribution < -0.4 is 4.74 Å². The zero-order valence-electron chi connectivity index (χ0n) is 11.4. The molecule has 0 fully saturated rings. The highest BCUT2D eigenvalue weighted by Crippen LogP contribution is 2.25. The van der Waals surface area contributed by atoms with Crippen molar-refractivity contribution in [3.8, 4) is 5.75 Å². The number of ether oxygens (including phenoxy) is 1. The van der Waals surface area contributed by atoms with Crippen LogP contribution >= 0.6 is 11.6 Å². The largest absolute Gasteiger partial charge is 0.489 e. The van der Waals surface area contributed by atoms with E-state index in [1.54, 1.807) is 31.2 Å². The monoisotopic (exact) mass is 294 g/mol. The van der Waals surface area contributed by atoms with Gasteiger partial charge in [-0.05, 0) is 43.2 Å². The third-order valence-electron chi connectivity index (χ3n) is 3.10. The van der Waals surface area contributed by atoms with E-state index < -0.39 is 11.9 Å². The molecule has 0 saturated heterocycles. The number of aliphatic hydroxyl groups is 1. The summed E-state index contributed by atoms with van der Waals surface area (Å²) in [5.41, 5.74) is 2.35. The smallest absolute Gasteiger partial charge is 0.142 e. The Bertz CT molecular complexity index is 611. The lowest BCUT2D eigenvalue weighted by molar-refractivity contribution is 0.199. The molecule has 2 aromatic carbocycles. The second-order valence-corrected chi connectivity index (χ2v) is 5.08. The minimum atomic E-state index is -0.514. The molecule has 0 aliphatic rings. The van der Waals surface area contributed by atoms with E-state index in [0.717, 1.165) is 11.1 Å². The Morgan fingerprint density at radius 2 is 2.05 bits per heavy atom. The summed E-state index contributed by atoms with van der Waals surface area (Å²) in [5.74, 6) is 0.240. The van der Waals surface area contributed by atoms with Crippen LogP contribution in [0, 0.1) is 12.7 Å². The number of benzene rings is 2. The van der Waals surface area contributed by atoms with Gasteiger partial charge in [-0.15, -0.1) is 0 Å². The van der Waals surface area contributed by atoms with E-state index in [1.165, 1.54) is 6.07 Å². The lowest BCUT2D eigenvalue weighted by atomic mass is 10.1. The molecule has 1 atom stereocenters. The number of aryl methyl sites for hydroxylation is 1. The standard InChI is InChI=1S/C16H16ClFO2/c1-10-8-12(11(2)19)6-7-15(10)20-9-13-4-3-5-14(18)16(13)17/h3-8,11,19H,9H2,1-2H3. The average molecular weight is 295 g/mol. The van der Waals surface area contributed by atoms with Crippen LogP contribution in [0.4, 0.5) is 4.39 Å². The van der Waals surface area contributed by atoms with Crippen LogP contribution in [0.1, 0.15) is 29.7 Å². The van der Waals surface area contributed by atoms with Crippen molar-refractivity contribution in [2.75, 3.05) is 0 Å². The molecular weight excluding hydrogens is 279 g/mol. The first-order valence-electron chi connectivity index (χ1n) is 6.33. The Labute approximate surface area is 122 Å². The fraction of sp³-hybridized carbons (Fsp3) is 0.250. The zero-order valence-corrected chi connectivity index (χ0v) is 12.1. The summed E-state index contributed by atoms with van der Waals surface area (Å²) in [5, 5.41) is 9.60. The maximum absolute atomic E-state index is 13.3. The lowest BCUT2D eigenvalue weighted by Crippen LogP contribution is -2.00. The van der Waals surface area contributed by atoms with E-state index in [1.807, 2.05) is 13.0 Å². The van der Waals surface area contributed by atoms with E-state index in [-0.39, 0.29) is 11.6 Å². The summed E-state index contributed by atoms with van der Waals surface area (Å²) >= 11 is 5.88. The second-order valence-electron chi connectivity index (χ2n) is 4.70. The highest BCUT2D eigenvalue weighted by Gasteiger charge is 2.08. The van der Waals surface area contributed by atoms with Crippen molar-refractivity contribution in [3.05, 3.63) is 63.9 Å². The van der Waals surface area contributed by atoms with E-state index in [2.05, 4.69) is 0 Å². The van der Waals surface area contributed by atoms with Crippen LogP contribution in [-0.4, -0.2) is 5.11 Å². The fourth-order valence-electron chi connectivity index (χ4n) is 1.91. The topological polar surface area (TPSA) is 29.5 Å². The SMILES string of the molecule is Cc1cc(C(C)O)ccc1OCc1cccc(F)c1Cl. The van der Waals surface area contributed by atoms with Gasteiger partial charge in [-0.25, -0.2) is 4.39 Å². The maximum atomic E-state index is 13.3. The van der Waals surface area contributed by atoms with Crippen molar-refractivity contribution in [3.63, 3.8) is 0 Å². The molecule has 20 heavy (non-hydrogen) atoms. The molecule has 0 aliphatic carbocycles. The molecule has 2 nitrogen and oxygen atoms in total. The average Bonchev–Trinajstić information content (AvgIpc) is 2.41. The number of halogens is 2. The van der Waals surface area contributed by atoms with Gasteiger partial charge < -0.3 is 9.84 Å². The molecule has 2 aromatic rings. The van der Waals surface area contributed by atoms with Crippen LogP contribution in [-0.2, 0) is 6.61 Å². The minimum Gasteiger partial charge on any atom is -0.489 e. The Balaban J connectivity index is 2.13. The number of aliphatic hydroxyl groups excluding tert-OH is 1. The molecule has 0 bridgehead atoms. The van der Waals surface area contributed by atoms with Crippen LogP contribution in [0.2, 0.25) is 5.02 Å². The zero-order chi connectivity index (χ0) is 14.7. The third-order valence-corrected chi connectivity index (χ3v) is 3.52. The molecule has 0 aromatic heterocycles. The van der Waals surface area contributed by atoms with Crippen LogP contribution in [0.5, 0.6) is 5.75 Å². The van der Waals surface area contributed by atoms with Crippen LogP contribution in [0.15, 0.2) is 36.4 Å². The number of hydrogen-bond donors (Lipinski definition) is 1. The summed E-state index contributed by atoms with van der Waals surface area (Å²) in [4.78, 5) is 0. The van der Waals surface area contributed by atoms with Gasteiger partial charge in [-0.3, -0.25) is 0 Å². The van der Waals surface area contributed by atoms with Gasteiger partial charge in [0, 0.05) is 5.56 Å². The van der Waals surface area contributed by atoms with Crippen molar-refractivity contribution in [2.45, 2.75) is 26.6 Å². The molecule has 0 amide bonds. The molecule has 106 valence electrons. The number of hydrogen-bond acceptors (Lipinski definition) is 2. The fourth-order valence-corrected chi connectivity index (χ4v) is 2.09. The van der Waals surface area contributed by atoms with Crippen molar-refractivity contribution in [1.82, 2.24) is 0 Å². The Morgan fingerprint density at radius 1 is 1.30 bits per heavy atom. The minimum absolute atomic E-state index is 0.0887. The Morgan fingerprint density at radius 3 is 2.70 bits per heavy atom. The van der Waals surface area contributed by atoms with Gasteiger partial charge in [-0.1, -0.05) is 29.8 Å². The Kier molecular flexibility index (Phi) is 4.63. The highest BCUT2D eigenvalue weighted by molar-refractivity contribution is 6.31. The van der Waals surface area contributed by atoms with Crippen molar-refractivity contribution < 1.29 is 14.2 Å². The molecule has 4 heteroatoms. The van der Waals surface area contributed by atoms with Crippen molar-refractivity contribution in [2.24, 2.45) is 0 Å². The first kappa shape index (κ1) is 14.8. The predicted octanol–water partition coefficient (Wildman–Crippen LogP) is 4.42. The molecule has 1 unspecified atom stereocenters. The molecule has 0 aliphatic heterocycles. The van der Waals surface area contributed by atoms with Gasteiger partial charge in [0.25, 0.3) is 0 Å². The van der Waals surface area contributed by atoms with Gasteiger partial charge in [0.15, 0.2) is 0 Å². The summed E-state index contributed by atoms with van der Waals surface area (Å²) < 4.78 is 19.0. The molecule has 0 radical (unpaired) electrons. The van der Waals surface area contributed by atoms with E-state index in [0.29, 0.717) is 11.3 Å².